The molecule has 0 saturated heterocycles. The zero-order chi connectivity index (χ0) is 56.1. The predicted octanol–water partition coefficient (Wildman–Crippen LogP) is 17.2. The lowest BCUT2D eigenvalue weighted by atomic mass is 9.78. The molecule has 0 amide bonds. The number of nitrogens with zero attached hydrogens (tertiary/aromatic N) is 4. The van der Waals surface area contributed by atoms with Gasteiger partial charge in [0.1, 0.15) is 17.3 Å². The van der Waals surface area contributed by atoms with E-state index in [4.69, 9.17) is 16.6 Å². The van der Waals surface area contributed by atoms with Crippen LogP contribution >= 0.6 is 0 Å². The second kappa shape index (κ2) is 18.0. The predicted molar refractivity (Wildman–Crippen MR) is 299 cm³/mol. The molecule has 0 saturated carbocycles. The summed E-state index contributed by atoms with van der Waals surface area (Å²) < 4.78 is 76.0. The fraction of sp³-hybridized carbons (Fsp3) is 0.194. The summed E-state index contributed by atoms with van der Waals surface area (Å²) in [6.07, 6.45) is 3.81. The largest absolute Gasteiger partial charge is 0.458 e. The van der Waals surface area contributed by atoms with Gasteiger partial charge in [0, 0.05) is 25.8 Å². The lowest BCUT2D eigenvalue weighted by Crippen LogP contribution is -2.31. The van der Waals surface area contributed by atoms with E-state index in [9.17, 15) is 2.74 Å². The Labute approximate surface area is 434 Å². The topological polar surface area (TPSA) is 35.9 Å². The van der Waals surface area contributed by atoms with Crippen molar-refractivity contribution < 1.29 is 18.9 Å². The van der Waals surface area contributed by atoms with Gasteiger partial charge < -0.3 is 4.74 Å². The molecule has 0 radical (unpaired) electrons. The third kappa shape index (κ3) is 9.01. The third-order valence-electron chi connectivity index (χ3n) is 13.2. The first-order chi connectivity index (χ1) is 37.4. The molecule has 0 N–H and O–H groups in total. The molecular weight excluding hydrogens is 877 g/mol. The number of rotatable bonds is 9. The molecular formula is C67H62N4O. The van der Waals surface area contributed by atoms with E-state index in [-0.39, 0.29) is 28.5 Å². The minimum Gasteiger partial charge on any atom is -0.458 e. The number of imidazole rings is 1. The third-order valence-corrected chi connectivity index (χ3v) is 13.2. The van der Waals surface area contributed by atoms with Gasteiger partial charge in [-0.2, -0.15) is 0 Å². The van der Waals surface area contributed by atoms with Crippen LogP contribution in [-0.2, 0) is 17.2 Å². The molecule has 3 heterocycles. The number of benzene rings is 8. The van der Waals surface area contributed by atoms with Crippen LogP contribution in [0.1, 0.15) is 88.6 Å². The molecule has 0 fully saturated rings. The van der Waals surface area contributed by atoms with Gasteiger partial charge in [-0.25, -0.2) is 4.98 Å². The minimum absolute atomic E-state index is 0.0903. The van der Waals surface area contributed by atoms with Crippen LogP contribution in [0.5, 0.6) is 11.5 Å². The van der Waals surface area contributed by atoms with Crippen molar-refractivity contribution in [1.82, 2.24) is 14.1 Å². The molecule has 3 aromatic heterocycles. The van der Waals surface area contributed by atoms with Crippen molar-refractivity contribution in [3.05, 3.63) is 223 Å². The molecule has 11 aromatic rings. The Hall–Kier alpha value is -8.02. The van der Waals surface area contributed by atoms with E-state index in [1.165, 1.54) is 0 Å². The van der Waals surface area contributed by atoms with Gasteiger partial charge in [0.15, 0.2) is 0 Å². The SMILES string of the molecule is [2H]c1c([2H])c([2H])c(-c2cccc(-c3cc(C(C)(C)C)cc(C(C)(C)C)c3)c2-[n+]2[c-]n(-c3cccc(Oc4ccc5c6ccccc6n(-c6cc(C([2H])([2H])C(C)(C)C)ccn6)c5c4)c3)c3ccc(-c4ccccc4)cc32)c([2H])c1[2H]. The van der Waals surface area contributed by atoms with Crippen LogP contribution in [0.3, 0.4) is 0 Å². The molecule has 8 aromatic carbocycles. The Kier molecular flexibility index (Phi) is 9.67. The van der Waals surface area contributed by atoms with Gasteiger partial charge in [-0.1, -0.05) is 196 Å². The van der Waals surface area contributed by atoms with E-state index < -0.39 is 29.9 Å². The van der Waals surface area contributed by atoms with Crippen molar-refractivity contribution in [2.45, 2.75) is 79.5 Å². The van der Waals surface area contributed by atoms with Crippen LogP contribution in [0.2, 0.25) is 0 Å². The number of ether oxygens (including phenoxy) is 1. The maximum absolute atomic E-state index is 9.35. The van der Waals surface area contributed by atoms with Gasteiger partial charge in [0.05, 0.1) is 40.3 Å². The molecule has 356 valence electrons. The summed E-state index contributed by atoms with van der Waals surface area (Å²) in [6.45, 7) is 18.9. The number of para-hydroxylation sites is 2. The first-order valence-electron chi connectivity index (χ1n) is 28.1. The Morgan fingerprint density at radius 1 is 0.556 bits per heavy atom. The van der Waals surface area contributed by atoms with Crippen LogP contribution in [0.15, 0.2) is 200 Å². The molecule has 0 aliphatic carbocycles. The molecule has 0 atom stereocenters. The maximum atomic E-state index is 9.35. The number of fused-ring (bicyclic) bond motifs is 4. The molecule has 0 aliphatic heterocycles. The monoisotopic (exact) mass is 946 g/mol. The molecule has 0 aliphatic rings. The van der Waals surface area contributed by atoms with Gasteiger partial charge in [-0.3, -0.25) is 13.7 Å². The van der Waals surface area contributed by atoms with Crippen molar-refractivity contribution in [2.24, 2.45) is 5.41 Å². The maximum Gasteiger partial charge on any atom is 0.269 e. The highest BCUT2D eigenvalue weighted by molar-refractivity contribution is 6.09. The Balaban J connectivity index is 1.12. The standard InChI is InChI=1S/C67H62N4O/c1-65(2,3)43-45-34-35-68-63(36-45)71-59-29-17-16-26-57(59)58-32-31-54(42-61(58)71)72-53-25-18-24-52(41-53)69-44-70(62-39-48(30-33-60(62)69)46-20-12-10-13-21-46)64-55(47-22-14-11-15-23-47)27-19-28-56(64)49-37-50(66(4,5)6)40-51(38-49)67(7,8)9/h10-42H,43H2,1-9H3/i11D,14D,15D,22D,23D,43D2. The second-order valence-corrected chi connectivity index (χ2v) is 21.7. The van der Waals surface area contributed by atoms with Gasteiger partial charge in [0.2, 0.25) is 0 Å². The van der Waals surface area contributed by atoms with Crippen molar-refractivity contribution in [2.75, 3.05) is 0 Å². The first-order valence-corrected chi connectivity index (χ1v) is 24.6. The zero-order valence-corrected chi connectivity index (χ0v) is 42.4. The van der Waals surface area contributed by atoms with Gasteiger partial charge >= 0.3 is 0 Å². The highest BCUT2D eigenvalue weighted by Crippen LogP contribution is 2.40. The number of hydrogen-bond donors (Lipinski definition) is 0. The summed E-state index contributed by atoms with van der Waals surface area (Å²) >= 11 is 0. The molecule has 11 rings (SSSR count). The Bertz CT molecular complexity index is 4150. The van der Waals surface area contributed by atoms with E-state index in [0.717, 1.165) is 71.9 Å². The lowest BCUT2D eigenvalue weighted by Gasteiger charge is -2.27. The normalized spacial score (nSPS) is 13.9. The molecule has 72 heavy (non-hydrogen) atoms. The van der Waals surface area contributed by atoms with Crippen LogP contribution in [0, 0.1) is 11.7 Å². The summed E-state index contributed by atoms with van der Waals surface area (Å²) in [7, 11) is 0. The number of hydrogen-bond acceptors (Lipinski definition) is 2. The average molecular weight is 946 g/mol. The number of pyridine rings is 1. The van der Waals surface area contributed by atoms with Crippen molar-refractivity contribution >= 4 is 32.8 Å². The average Bonchev–Trinajstić information content (AvgIpc) is 3.98. The first kappa shape index (κ1) is 38.7. The molecule has 0 unspecified atom stereocenters. The van der Waals surface area contributed by atoms with Crippen molar-refractivity contribution in [1.29, 1.82) is 0 Å². The molecule has 5 nitrogen and oxygen atoms in total. The van der Waals surface area contributed by atoms with E-state index in [0.29, 0.717) is 34.1 Å². The Morgan fingerprint density at radius 3 is 1.97 bits per heavy atom. The van der Waals surface area contributed by atoms with E-state index in [2.05, 4.69) is 125 Å². The van der Waals surface area contributed by atoms with Crippen molar-refractivity contribution in [3.8, 4) is 62.1 Å². The van der Waals surface area contributed by atoms with Crippen LogP contribution < -0.4 is 9.30 Å². The summed E-state index contributed by atoms with van der Waals surface area (Å²) in [5.41, 5.74) is 10.7. The van der Waals surface area contributed by atoms with Crippen LogP contribution in [0.4, 0.5) is 0 Å². The zero-order valence-electron chi connectivity index (χ0n) is 49.4. The van der Waals surface area contributed by atoms with Crippen molar-refractivity contribution in [3.63, 3.8) is 0 Å². The second-order valence-electron chi connectivity index (χ2n) is 21.7. The fourth-order valence-electron chi connectivity index (χ4n) is 9.66. The Morgan fingerprint density at radius 2 is 1.24 bits per heavy atom. The summed E-state index contributed by atoms with van der Waals surface area (Å²) in [5.74, 6) is 1.75. The molecule has 0 spiro atoms. The quantitative estimate of drug-likeness (QED) is 0.107. The minimum atomic E-state index is -1.63. The van der Waals surface area contributed by atoms with E-state index in [1.54, 1.807) is 12.3 Å². The molecule has 0 bridgehead atoms. The highest BCUT2D eigenvalue weighted by atomic mass is 16.5. The van der Waals surface area contributed by atoms with Gasteiger partial charge in [-0.15, -0.1) is 0 Å². The van der Waals surface area contributed by atoms with Gasteiger partial charge in [-0.05, 0) is 127 Å². The highest BCUT2D eigenvalue weighted by Gasteiger charge is 2.25. The lowest BCUT2D eigenvalue weighted by molar-refractivity contribution is -0.571. The fourth-order valence-corrected chi connectivity index (χ4v) is 9.66. The molecule has 5 heteroatoms. The van der Waals surface area contributed by atoms with Crippen LogP contribution in [-0.4, -0.2) is 14.1 Å². The number of aromatic nitrogens is 4. The van der Waals surface area contributed by atoms with E-state index >= 15 is 0 Å². The van der Waals surface area contributed by atoms with Gasteiger partial charge in [0.25, 0.3) is 6.33 Å². The summed E-state index contributed by atoms with van der Waals surface area (Å²) in [5, 5.41) is 2.03. The van der Waals surface area contributed by atoms with Crippen LogP contribution in [0.25, 0.3) is 83.4 Å². The summed E-state index contributed by atoms with van der Waals surface area (Å²) in [6, 6.07) is 52.7. The summed E-state index contributed by atoms with van der Waals surface area (Å²) in [4.78, 5) is 4.80. The smallest absolute Gasteiger partial charge is 0.269 e. The van der Waals surface area contributed by atoms with E-state index in [1.807, 2.05) is 115 Å².